The van der Waals surface area contributed by atoms with Crippen molar-refractivity contribution in [2.45, 2.75) is 79.0 Å². The summed E-state index contributed by atoms with van der Waals surface area (Å²) in [5.74, 6) is -0.544. The van der Waals surface area contributed by atoms with Crippen molar-refractivity contribution in [3.63, 3.8) is 0 Å². The van der Waals surface area contributed by atoms with Gasteiger partial charge in [0.15, 0.2) is 0 Å². The largest absolute Gasteiger partial charge is 0.467 e. The van der Waals surface area contributed by atoms with Crippen molar-refractivity contribution >= 4 is 18.0 Å². The fourth-order valence-corrected chi connectivity index (χ4v) is 2.25. The molecule has 0 aliphatic heterocycles. The Labute approximate surface area is 151 Å². The zero-order valence-corrected chi connectivity index (χ0v) is 16.8. The number of hydrogen-bond donors (Lipinski definition) is 2. The van der Waals surface area contributed by atoms with Gasteiger partial charge in [-0.05, 0) is 45.4 Å². The quantitative estimate of drug-likeness (QED) is 0.651. The fourth-order valence-electron chi connectivity index (χ4n) is 2.25. The summed E-state index contributed by atoms with van der Waals surface area (Å²) in [7, 11) is 1.28. The number of alkyl carbamates (subject to hydrolysis) is 1. The van der Waals surface area contributed by atoms with Gasteiger partial charge >= 0.3 is 12.1 Å². The molecule has 0 aromatic carbocycles. The first kappa shape index (κ1) is 23.2. The van der Waals surface area contributed by atoms with Gasteiger partial charge < -0.3 is 20.1 Å². The summed E-state index contributed by atoms with van der Waals surface area (Å²) in [4.78, 5) is 36.5. The van der Waals surface area contributed by atoms with Gasteiger partial charge in [-0.2, -0.15) is 0 Å². The maximum Gasteiger partial charge on any atom is 0.408 e. The summed E-state index contributed by atoms with van der Waals surface area (Å²) < 4.78 is 9.97. The van der Waals surface area contributed by atoms with Crippen LogP contribution < -0.4 is 10.6 Å². The number of nitrogens with one attached hydrogen (secondary N) is 2. The van der Waals surface area contributed by atoms with Crippen molar-refractivity contribution in [1.82, 2.24) is 10.6 Å². The first-order valence-electron chi connectivity index (χ1n) is 8.73. The molecule has 0 saturated carbocycles. The van der Waals surface area contributed by atoms with Crippen LogP contribution in [0.3, 0.4) is 0 Å². The molecule has 0 rings (SSSR count). The Kier molecular flexibility index (Phi) is 9.52. The average Bonchev–Trinajstić information content (AvgIpc) is 2.41. The Morgan fingerprint density at radius 2 is 1.36 bits per heavy atom. The Hall–Kier alpha value is -1.79. The zero-order chi connectivity index (χ0) is 19.8. The maximum absolute atomic E-state index is 12.6. The van der Waals surface area contributed by atoms with E-state index in [4.69, 9.17) is 9.47 Å². The molecule has 0 bridgehead atoms. The van der Waals surface area contributed by atoms with Gasteiger partial charge in [0.25, 0.3) is 0 Å². The minimum absolute atomic E-state index is 0.173. The van der Waals surface area contributed by atoms with E-state index in [1.165, 1.54) is 7.11 Å². The second-order valence-corrected chi connectivity index (χ2v) is 8.04. The Balaban J connectivity index is 5.07. The second kappa shape index (κ2) is 10.3. The first-order valence-corrected chi connectivity index (χ1v) is 8.73. The van der Waals surface area contributed by atoms with Crippen molar-refractivity contribution in [1.29, 1.82) is 0 Å². The number of ether oxygens (including phenoxy) is 2. The van der Waals surface area contributed by atoms with Crippen molar-refractivity contribution in [2.75, 3.05) is 7.11 Å². The van der Waals surface area contributed by atoms with Gasteiger partial charge in [-0.25, -0.2) is 9.59 Å². The van der Waals surface area contributed by atoms with Crippen LogP contribution >= 0.6 is 0 Å². The molecule has 0 aromatic rings. The minimum Gasteiger partial charge on any atom is -0.467 e. The highest BCUT2D eigenvalue weighted by molar-refractivity contribution is 5.89. The van der Waals surface area contributed by atoms with Crippen LogP contribution in [0.1, 0.15) is 61.3 Å². The molecule has 2 N–H and O–H groups in total. The van der Waals surface area contributed by atoms with Gasteiger partial charge in [0, 0.05) is 0 Å². The third kappa shape index (κ3) is 10.6. The number of carbonyl (C=O) groups excluding carboxylic acids is 3. The van der Waals surface area contributed by atoms with Crippen LogP contribution in [0.5, 0.6) is 0 Å². The summed E-state index contributed by atoms with van der Waals surface area (Å²) in [5.41, 5.74) is -0.658. The molecule has 0 radical (unpaired) electrons. The zero-order valence-electron chi connectivity index (χ0n) is 16.8. The summed E-state index contributed by atoms with van der Waals surface area (Å²) in [5, 5.41) is 5.28. The van der Waals surface area contributed by atoms with E-state index in [2.05, 4.69) is 10.6 Å². The Morgan fingerprint density at radius 3 is 1.76 bits per heavy atom. The van der Waals surface area contributed by atoms with Crippen LogP contribution in [0.4, 0.5) is 4.79 Å². The smallest absolute Gasteiger partial charge is 0.408 e. The summed E-state index contributed by atoms with van der Waals surface area (Å²) >= 11 is 0. The molecule has 146 valence electrons. The standard InChI is InChI=1S/C18H34N2O5/c1-11(2)9-13(20-17(23)25-18(5,6)7)15(21)19-14(10-12(3)4)16(22)24-8/h11-14H,9-10H2,1-8H3,(H,19,21)(H,20,23)/t13-,14+/m1/s1. The van der Waals surface area contributed by atoms with E-state index in [0.29, 0.717) is 12.8 Å². The molecule has 7 nitrogen and oxygen atoms in total. The fraction of sp³-hybridized carbons (Fsp3) is 0.833. The molecule has 2 amide bonds. The maximum atomic E-state index is 12.6. The lowest BCUT2D eigenvalue weighted by Crippen LogP contribution is -2.53. The van der Waals surface area contributed by atoms with Crippen molar-refractivity contribution in [3.05, 3.63) is 0 Å². The van der Waals surface area contributed by atoms with E-state index < -0.39 is 35.7 Å². The number of methoxy groups -OCH3 is 1. The SMILES string of the molecule is COC(=O)[C@H](CC(C)C)NC(=O)[C@@H](CC(C)C)NC(=O)OC(C)(C)C. The lowest BCUT2D eigenvalue weighted by atomic mass is 10.0. The molecule has 0 spiro atoms. The van der Waals surface area contributed by atoms with Gasteiger partial charge in [-0.3, -0.25) is 4.79 Å². The number of esters is 1. The number of carbonyl (C=O) groups is 3. The molecule has 0 heterocycles. The van der Waals surface area contributed by atoms with Gasteiger partial charge in [-0.1, -0.05) is 27.7 Å². The molecule has 0 unspecified atom stereocenters. The summed E-state index contributed by atoms with van der Waals surface area (Å²) in [6.07, 6.45) is 0.228. The molecule has 2 atom stereocenters. The predicted molar refractivity (Wildman–Crippen MR) is 96.0 cm³/mol. The monoisotopic (exact) mass is 358 g/mol. The molecule has 25 heavy (non-hydrogen) atoms. The minimum atomic E-state index is -0.783. The van der Waals surface area contributed by atoms with Crippen LogP contribution in [0, 0.1) is 11.8 Å². The molecule has 0 aliphatic carbocycles. The molecule has 0 aliphatic rings. The molecule has 0 fully saturated rings. The van der Waals surface area contributed by atoms with Crippen LogP contribution in [0.2, 0.25) is 0 Å². The van der Waals surface area contributed by atoms with Gasteiger partial charge in [-0.15, -0.1) is 0 Å². The van der Waals surface area contributed by atoms with E-state index in [9.17, 15) is 14.4 Å². The molecular formula is C18H34N2O5. The average molecular weight is 358 g/mol. The van der Waals surface area contributed by atoms with E-state index in [1.54, 1.807) is 20.8 Å². The highest BCUT2D eigenvalue weighted by Crippen LogP contribution is 2.11. The lowest BCUT2D eigenvalue weighted by Gasteiger charge is -2.26. The molecule has 7 heteroatoms. The molecular weight excluding hydrogens is 324 g/mol. The van der Waals surface area contributed by atoms with E-state index in [1.807, 2.05) is 27.7 Å². The van der Waals surface area contributed by atoms with Crippen LogP contribution in [-0.2, 0) is 19.1 Å². The van der Waals surface area contributed by atoms with Crippen LogP contribution in [-0.4, -0.2) is 42.8 Å². The Morgan fingerprint density at radius 1 is 0.880 bits per heavy atom. The van der Waals surface area contributed by atoms with Crippen molar-refractivity contribution < 1.29 is 23.9 Å². The molecule has 0 saturated heterocycles. The van der Waals surface area contributed by atoms with E-state index in [0.717, 1.165) is 0 Å². The topological polar surface area (TPSA) is 93.7 Å². The number of hydrogen-bond acceptors (Lipinski definition) is 5. The second-order valence-electron chi connectivity index (χ2n) is 8.04. The highest BCUT2D eigenvalue weighted by atomic mass is 16.6. The third-order valence-corrected chi connectivity index (χ3v) is 3.22. The van der Waals surface area contributed by atoms with Gasteiger partial charge in [0.1, 0.15) is 17.7 Å². The summed E-state index contributed by atoms with van der Waals surface area (Å²) in [6, 6.07) is -1.53. The number of rotatable bonds is 8. The van der Waals surface area contributed by atoms with Crippen LogP contribution in [0.15, 0.2) is 0 Å². The van der Waals surface area contributed by atoms with Gasteiger partial charge in [0.2, 0.25) is 5.91 Å². The van der Waals surface area contributed by atoms with Crippen molar-refractivity contribution in [3.8, 4) is 0 Å². The first-order chi connectivity index (χ1) is 11.4. The van der Waals surface area contributed by atoms with E-state index >= 15 is 0 Å². The molecule has 0 aromatic heterocycles. The van der Waals surface area contributed by atoms with Crippen molar-refractivity contribution in [2.24, 2.45) is 11.8 Å². The Bertz CT molecular complexity index is 455. The highest BCUT2D eigenvalue weighted by Gasteiger charge is 2.29. The third-order valence-electron chi connectivity index (χ3n) is 3.22. The number of amides is 2. The predicted octanol–water partition coefficient (Wildman–Crippen LogP) is 2.63. The van der Waals surface area contributed by atoms with Gasteiger partial charge in [0.05, 0.1) is 7.11 Å². The van der Waals surface area contributed by atoms with E-state index in [-0.39, 0.29) is 11.8 Å². The normalized spacial score (nSPS) is 14.0. The lowest BCUT2D eigenvalue weighted by molar-refractivity contribution is -0.145. The van der Waals surface area contributed by atoms with Crippen LogP contribution in [0.25, 0.3) is 0 Å². The summed E-state index contributed by atoms with van der Waals surface area (Å²) in [6.45, 7) is 13.0.